The van der Waals surface area contributed by atoms with Gasteiger partial charge < -0.3 is 5.11 Å². The highest BCUT2D eigenvalue weighted by molar-refractivity contribution is 5.70. The van der Waals surface area contributed by atoms with Crippen LogP contribution in [0.3, 0.4) is 0 Å². The number of aliphatic carboxylic acids is 1. The maximum atomic E-state index is 12.3. The Morgan fingerprint density at radius 3 is 2.90 bits per heavy atom. The molecule has 1 N–H and O–H groups in total. The SMILES string of the molecule is O=C(O)C1CC=C(F)CC1. The highest BCUT2D eigenvalue weighted by Gasteiger charge is 2.20. The molecule has 0 aromatic rings. The molecule has 0 saturated heterocycles. The summed E-state index contributed by atoms with van der Waals surface area (Å²) in [5.74, 6) is -1.35. The van der Waals surface area contributed by atoms with Crippen LogP contribution in [0, 0.1) is 5.92 Å². The van der Waals surface area contributed by atoms with Crippen LogP contribution in [0.4, 0.5) is 4.39 Å². The number of halogens is 1. The van der Waals surface area contributed by atoms with Gasteiger partial charge in [-0.05, 0) is 19.3 Å². The molecule has 0 saturated carbocycles. The maximum Gasteiger partial charge on any atom is 0.306 e. The predicted molar refractivity (Wildman–Crippen MR) is 34.2 cm³/mol. The van der Waals surface area contributed by atoms with Gasteiger partial charge in [-0.25, -0.2) is 4.39 Å². The Balaban J connectivity index is 2.50. The molecule has 0 spiro atoms. The molecule has 3 heteroatoms. The lowest BCUT2D eigenvalue weighted by Gasteiger charge is -2.13. The largest absolute Gasteiger partial charge is 0.481 e. The van der Waals surface area contributed by atoms with Crippen molar-refractivity contribution in [3.8, 4) is 0 Å². The summed E-state index contributed by atoms with van der Waals surface area (Å²) in [5, 5.41) is 8.47. The number of carbonyl (C=O) groups is 1. The van der Waals surface area contributed by atoms with Gasteiger partial charge in [-0.3, -0.25) is 4.79 Å². The van der Waals surface area contributed by atoms with Crippen LogP contribution in [0.15, 0.2) is 11.9 Å². The van der Waals surface area contributed by atoms with Gasteiger partial charge in [-0.15, -0.1) is 0 Å². The van der Waals surface area contributed by atoms with Crippen molar-refractivity contribution >= 4 is 5.97 Å². The van der Waals surface area contributed by atoms with E-state index in [1.54, 1.807) is 0 Å². The molecule has 0 aliphatic heterocycles. The van der Waals surface area contributed by atoms with Crippen LogP contribution in [0.5, 0.6) is 0 Å². The minimum absolute atomic E-state index is 0.169. The first-order valence-electron chi connectivity index (χ1n) is 3.27. The highest BCUT2D eigenvalue weighted by Crippen LogP contribution is 2.23. The van der Waals surface area contributed by atoms with Crippen molar-refractivity contribution in [2.45, 2.75) is 19.3 Å². The molecule has 1 rings (SSSR count). The number of hydrogen-bond donors (Lipinski definition) is 1. The van der Waals surface area contributed by atoms with Crippen LogP contribution in [0.1, 0.15) is 19.3 Å². The summed E-state index contributed by atoms with van der Waals surface area (Å²) in [6.45, 7) is 0. The van der Waals surface area contributed by atoms with Gasteiger partial charge in [-0.1, -0.05) is 6.08 Å². The molecule has 0 amide bonds. The molecule has 2 nitrogen and oxygen atoms in total. The zero-order valence-corrected chi connectivity index (χ0v) is 5.51. The smallest absolute Gasteiger partial charge is 0.306 e. The minimum atomic E-state index is -0.816. The monoisotopic (exact) mass is 144 g/mol. The van der Waals surface area contributed by atoms with Gasteiger partial charge in [0.1, 0.15) is 0 Å². The molecule has 1 aliphatic rings. The fourth-order valence-corrected chi connectivity index (χ4v) is 1.03. The van der Waals surface area contributed by atoms with Crippen LogP contribution in [0.25, 0.3) is 0 Å². The van der Waals surface area contributed by atoms with Crippen molar-refractivity contribution in [2.75, 3.05) is 0 Å². The van der Waals surface area contributed by atoms with E-state index in [0.29, 0.717) is 12.8 Å². The minimum Gasteiger partial charge on any atom is -0.481 e. The molecule has 10 heavy (non-hydrogen) atoms. The lowest BCUT2D eigenvalue weighted by molar-refractivity contribution is -0.142. The summed E-state index contributed by atoms with van der Waals surface area (Å²) < 4.78 is 12.3. The number of carboxylic acids is 1. The Bertz CT molecular complexity index is 174. The van der Waals surface area contributed by atoms with Crippen LogP contribution in [-0.4, -0.2) is 11.1 Å². The van der Waals surface area contributed by atoms with Crippen molar-refractivity contribution < 1.29 is 14.3 Å². The van der Waals surface area contributed by atoms with E-state index >= 15 is 0 Å². The molecule has 1 aliphatic carbocycles. The van der Waals surface area contributed by atoms with Gasteiger partial charge in [0.15, 0.2) is 0 Å². The highest BCUT2D eigenvalue weighted by atomic mass is 19.1. The van der Waals surface area contributed by atoms with Crippen molar-refractivity contribution in [1.29, 1.82) is 0 Å². The molecule has 0 bridgehead atoms. The quantitative estimate of drug-likeness (QED) is 0.608. The van der Waals surface area contributed by atoms with E-state index in [2.05, 4.69) is 0 Å². The third-order valence-electron chi connectivity index (χ3n) is 1.70. The number of carboxylic acid groups (broad SMARTS) is 1. The van der Waals surface area contributed by atoms with Crippen molar-refractivity contribution in [3.63, 3.8) is 0 Å². The lowest BCUT2D eigenvalue weighted by atomic mass is 9.94. The molecule has 56 valence electrons. The molecule has 0 heterocycles. The summed E-state index contributed by atoms with van der Waals surface area (Å²) in [5.41, 5.74) is 0. The Labute approximate surface area is 58.4 Å². The van der Waals surface area contributed by atoms with Gasteiger partial charge in [-0.2, -0.15) is 0 Å². The fourth-order valence-electron chi connectivity index (χ4n) is 1.03. The first-order chi connectivity index (χ1) is 4.70. The first-order valence-corrected chi connectivity index (χ1v) is 3.27. The first kappa shape index (κ1) is 7.25. The maximum absolute atomic E-state index is 12.3. The second-order valence-corrected chi connectivity index (χ2v) is 2.46. The average Bonchev–Trinajstić information content (AvgIpc) is 1.88. The molecular formula is C7H9FO2. The summed E-state index contributed by atoms with van der Waals surface area (Å²) in [6.07, 6.45) is 2.44. The fraction of sp³-hybridized carbons (Fsp3) is 0.571. The van der Waals surface area contributed by atoms with Gasteiger partial charge in [0.25, 0.3) is 0 Å². The molecular weight excluding hydrogens is 135 g/mol. The number of rotatable bonds is 1. The summed E-state index contributed by atoms with van der Waals surface area (Å²) in [7, 11) is 0. The topological polar surface area (TPSA) is 37.3 Å². The number of allylic oxidation sites excluding steroid dienone is 2. The Hall–Kier alpha value is -0.860. The van der Waals surface area contributed by atoms with E-state index in [9.17, 15) is 9.18 Å². The molecule has 0 radical (unpaired) electrons. The summed E-state index contributed by atoms with van der Waals surface area (Å²) in [6, 6.07) is 0. The molecule has 1 atom stereocenters. The summed E-state index contributed by atoms with van der Waals surface area (Å²) >= 11 is 0. The van der Waals surface area contributed by atoms with Crippen molar-refractivity contribution in [2.24, 2.45) is 5.92 Å². The van der Waals surface area contributed by atoms with Crippen LogP contribution in [0.2, 0.25) is 0 Å². The van der Waals surface area contributed by atoms with E-state index < -0.39 is 5.97 Å². The van der Waals surface area contributed by atoms with Crippen molar-refractivity contribution in [3.05, 3.63) is 11.9 Å². The Kier molecular flexibility index (Phi) is 2.04. The van der Waals surface area contributed by atoms with E-state index in [0.717, 1.165) is 0 Å². The van der Waals surface area contributed by atoms with Gasteiger partial charge in [0.2, 0.25) is 0 Å². The zero-order valence-electron chi connectivity index (χ0n) is 5.51. The van der Waals surface area contributed by atoms with Crippen molar-refractivity contribution in [1.82, 2.24) is 0 Å². The predicted octanol–water partition coefficient (Wildman–Crippen LogP) is 1.72. The van der Waals surface area contributed by atoms with Gasteiger partial charge in [0, 0.05) is 0 Å². The van der Waals surface area contributed by atoms with E-state index in [4.69, 9.17) is 5.11 Å². The van der Waals surface area contributed by atoms with E-state index in [-0.39, 0.29) is 18.2 Å². The molecule has 1 unspecified atom stereocenters. The standard InChI is InChI=1S/C7H9FO2/c8-6-3-1-5(2-4-6)7(9)10/h3,5H,1-2,4H2,(H,9,10). The molecule has 0 aromatic heterocycles. The van der Waals surface area contributed by atoms with E-state index in [1.165, 1.54) is 6.08 Å². The van der Waals surface area contributed by atoms with Gasteiger partial charge >= 0.3 is 5.97 Å². The lowest BCUT2D eigenvalue weighted by Crippen LogP contribution is -2.15. The Morgan fingerprint density at radius 2 is 2.50 bits per heavy atom. The average molecular weight is 144 g/mol. The third kappa shape index (κ3) is 1.56. The van der Waals surface area contributed by atoms with E-state index in [1.807, 2.05) is 0 Å². The number of hydrogen-bond acceptors (Lipinski definition) is 1. The second-order valence-electron chi connectivity index (χ2n) is 2.46. The Morgan fingerprint density at radius 1 is 1.80 bits per heavy atom. The third-order valence-corrected chi connectivity index (χ3v) is 1.70. The normalized spacial score (nSPS) is 25.7. The second kappa shape index (κ2) is 2.82. The van der Waals surface area contributed by atoms with Crippen LogP contribution >= 0.6 is 0 Å². The van der Waals surface area contributed by atoms with Crippen LogP contribution < -0.4 is 0 Å². The van der Waals surface area contributed by atoms with Crippen LogP contribution in [-0.2, 0) is 4.79 Å². The zero-order chi connectivity index (χ0) is 7.56. The molecule has 0 fully saturated rings. The summed E-state index contributed by atoms with van der Waals surface area (Å²) in [4.78, 5) is 10.3. The molecule has 0 aromatic carbocycles. The van der Waals surface area contributed by atoms with Gasteiger partial charge in [0.05, 0.1) is 11.7 Å².